The minimum atomic E-state index is -1.25. The number of carboxylic acid groups (broad SMARTS) is 1. The Morgan fingerprint density at radius 1 is 1.38 bits per heavy atom. The molecule has 0 heterocycles. The highest BCUT2D eigenvalue weighted by Crippen LogP contribution is 2.20. The van der Waals surface area contributed by atoms with Gasteiger partial charge in [-0.1, -0.05) is 0 Å². The molecule has 86 valence electrons. The van der Waals surface area contributed by atoms with Crippen LogP contribution < -0.4 is 10.4 Å². The van der Waals surface area contributed by atoms with Crippen molar-refractivity contribution in [1.82, 2.24) is 0 Å². The number of carbonyl (C=O) groups excluding carboxylic acids is 2. The van der Waals surface area contributed by atoms with Crippen LogP contribution in [0.25, 0.3) is 0 Å². The predicted octanol–water partition coefficient (Wildman–Crippen LogP) is 0.169. The van der Waals surface area contributed by atoms with Crippen LogP contribution in [0.1, 0.15) is 18.4 Å². The molecular weight excluding hydrogens is 210 g/mol. The van der Waals surface area contributed by atoms with Crippen molar-refractivity contribution in [2.75, 3.05) is 5.32 Å². The number of carbonyl (C=O) groups is 2. The SMILES string of the molecule is Cc1cc(O)ccc1NC(=O)CCC(=O)[O-]. The van der Waals surface area contributed by atoms with Gasteiger partial charge in [0.25, 0.3) is 0 Å². The van der Waals surface area contributed by atoms with Crippen LogP contribution in [0.15, 0.2) is 18.2 Å². The molecule has 0 radical (unpaired) electrons. The summed E-state index contributed by atoms with van der Waals surface area (Å²) in [6.45, 7) is 1.73. The van der Waals surface area contributed by atoms with Crippen molar-refractivity contribution in [2.45, 2.75) is 19.8 Å². The molecule has 0 unspecified atom stereocenters. The van der Waals surface area contributed by atoms with E-state index in [1.807, 2.05) is 0 Å². The van der Waals surface area contributed by atoms with Crippen LogP contribution in [0.3, 0.4) is 0 Å². The minimum Gasteiger partial charge on any atom is -0.550 e. The summed E-state index contributed by atoms with van der Waals surface area (Å²) in [5.74, 6) is -1.53. The quantitative estimate of drug-likeness (QED) is 0.710. The molecule has 0 saturated heterocycles. The maximum atomic E-state index is 11.3. The van der Waals surface area contributed by atoms with E-state index in [4.69, 9.17) is 5.11 Å². The summed E-state index contributed by atoms with van der Waals surface area (Å²) in [6, 6.07) is 4.51. The van der Waals surface area contributed by atoms with Crippen LogP contribution in [0.5, 0.6) is 5.75 Å². The van der Waals surface area contributed by atoms with Crippen molar-refractivity contribution in [1.29, 1.82) is 0 Å². The maximum absolute atomic E-state index is 11.3. The molecule has 0 aliphatic carbocycles. The van der Waals surface area contributed by atoms with Crippen molar-refractivity contribution in [3.05, 3.63) is 23.8 Å². The summed E-state index contributed by atoms with van der Waals surface area (Å²) in [5, 5.41) is 21.8. The van der Waals surface area contributed by atoms with Crippen LogP contribution in [0, 0.1) is 6.92 Å². The van der Waals surface area contributed by atoms with E-state index in [0.717, 1.165) is 0 Å². The molecular formula is C11H12NO4-. The number of carboxylic acids is 1. The number of benzene rings is 1. The molecule has 0 atom stereocenters. The number of hydrogen-bond donors (Lipinski definition) is 2. The van der Waals surface area contributed by atoms with Crippen molar-refractivity contribution >= 4 is 17.6 Å². The van der Waals surface area contributed by atoms with Crippen LogP contribution in [-0.2, 0) is 9.59 Å². The molecule has 5 nitrogen and oxygen atoms in total. The molecule has 1 rings (SSSR count). The number of phenolic OH excluding ortho intramolecular Hbond substituents is 1. The molecule has 1 aromatic carbocycles. The van der Waals surface area contributed by atoms with Gasteiger partial charge in [-0.25, -0.2) is 0 Å². The molecule has 0 fully saturated rings. The highest BCUT2D eigenvalue weighted by molar-refractivity contribution is 5.93. The summed E-state index contributed by atoms with van der Waals surface area (Å²) in [6.07, 6.45) is -0.425. The normalized spacial score (nSPS) is 9.81. The van der Waals surface area contributed by atoms with E-state index >= 15 is 0 Å². The fraction of sp³-hybridized carbons (Fsp3) is 0.273. The van der Waals surface area contributed by atoms with Crippen LogP contribution >= 0.6 is 0 Å². The van der Waals surface area contributed by atoms with Gasteiger partial charge in [0, 0.05) is 18.1 Å². The first-order chi connectivity index (χ1) is 7.49. The van der Waals surface area contributed by atoms with Gasteiger partial charge in [0.05, 0.1) is 0 Å². The Bertz CT molecular complexity index is 414. The van der Waals surface area contributed by atoms with E-state index in [-0.39, 0.29) is 18.6 Å². The average molecular weight is 222 g/mol. The first kappa shape index (κ1) is 12.0. The van der Waals surface area contributed by atoms with E-state index < -0.39 is 11.9 Å². The summed E-state index contributed by atoms with van der Waals surface area (Å²) in [5.41, 5.74) is 1.27. The molecule has 0 aromatic heterocycles. The molecule has 5 heteroatoms. The molecule has 1 amide bonds. The molecule has 0 aliphatic rings. The van der Waals surface area contributed by atoms with Gasteiger partial charge in [0.2, 0.25) is 5.91 Å². The smallest absolute Gasteiger partial charge is 0.224 e. The fourth-order valence-corrected chi connectivity index (χ4v) is 1.22. The summed E-state index contributed by atoms with van der Waals surface area (Å²) < 4.78 is 0. The highest BCUT2D eigenvalue weighted by atomic mass is 16.4. The summed E-state index contributed by atoms with van der Waals surface area (Å²) in [4.78, 5) is 21.4. The van der Waals surface area contributed by atoms with Crippen molar-refractivity contribution in [3.8, 4) is 5.75 Å². The van der Waals surface area contributed by atoms with Crippen LogP contribution in [0.2, 0.25) is 0 Å². The predicted molar refractivity (Wildman–Crippen MR) is 55.7 cm³/mol. The van der Waals surface area contributed by atoms with E-state index in [1.165, 1.54) is 12.1 Å². The monoisotopic (exact) mass is 222 g/mol. The topological polar surface area (TPSA) is 89.5 Å². The average Bonchev–Trinajstić information content (AvgIpc) is 2.19. The zero-order valence-electron chi connectivity index (χ0n) is 8.82. The second-order valence-electron chi connectivity index (χ2n) is 3.42. The van der Waals surface area contributed by atoms with Crippen LogP contribution in [0.4, 0.5) is 5.69 Å². The summed E-state index contributed by atoms with van der Waals surface area (Å²) >= 11 is 0. The fourth-order valence-electron chi connectivity index (χ4n) is 1.22. The lowest BCUT2D eigenvalue weighted by molar-refractivity contribution is -0.305. The lowest BCUT2D eigenvalue weighted by atomic mass is 10.2. The molecule has 0 saturated carbocycles. The third-order valence-electron chi connectivity index (χ3n) is 2.04. The molecule has 0 spiro atoms. The Hall–Kier alpha value is -2.04. The van der Waals surface area contributed by atoms with Gasteiger partial charge in [-0.2, -0.15) is 0 Å². The number of anilines is 1. The number of hydrogen-bond acceptors (Lipinski definition) is 4. The van der Waals surface area contributed by atoms with E-state index in [2.05, 4.69) is 5.32 Å². The van der Waals surface area contributed by atoms with Crippen molar-refractivity contribution in [3.63, 3.8) is 0 Å². The van der Waals surface area contributed by atoms with Gasteiger partial charge in [-0.05, 0) is 37.1 Å². The molecule has 16 heavy (non-hydrogen) atoms. The van der Waals surface area contributed by atoms with Crippen molar-refractivity contribution < 1.29 is 19.8 Å². The van der Waals surface area contributed by atoms with Gasteiger partial charge in [-0.15, -0.1) is 0 Å². The minimum absolute atomic E-state index is 0.116. The van der Waals surface area contributed by atoms with Gasteiger partial charge in [0.15, 0.2) is 0 Å². The first-order valence-corrected chi connectivity index (χ1v) is 4.78. The molecule has 2 N–H and O–H groups in total. The number of phenols is 1. The van der Waals surface area contributed by atoms with E-state index in [9.17, 15) is 14.7 Å². The van der Waals surface area contributed by atoms with Gasteiger partial charge >= 0.3 is 0 Å². The Kier molecular flexibility index (Phi) is 3.88. The number of nitrogens with one attached hydrogen (secondary N) is 1. The Balaban J connectivity index is 2.59. The maximum Gasteiger partial charge on any atom is 0.224 e. The second kappa shape index (κ2) is 5.16. The summed E-state index contributed by atoms with van der Waals surface area (Å²) in [7, 11) is 0. The number of rotatable bonds is 4. The van der Waals surface area contributed by atoms with E-state index in [0.29, 0.717) is 11.3 Å². The lowest BCUT2D eigenvalue weighted by Gasteiger charge is -2.08. The number of amides is 1. The first-order valence-electron chi connectivity index (χ1n) is 4.78. The molecule has 1 aromatic rings. The standard InChI is InChI=1S/C11H13NO4/c1-7-6-8(13)2-3-9(7)12-10(14)4-5-11(15)16/h2-3,6,13H,4-5H2,1H3,(H,12,14)(H,15,16)/p-1. The second-order valence-corrected chi connectivity index (χ2v) is 3.42. The van der Waals surface area contributed by atoms with Gasteiger partial charge < -0.3 is 20.3 Å². The number of aryl methyl sites for hydroxylation is 1. The zero-order chi connectivity index (χ0) is 12.1. The third-order valence-corrected chi connectivity index (χ3v) is 2.04. The van der Waals surface area contributed by atoms with Gasteiger partial charge in [0.1, 0.15) is 5.75 Å². The largest absolute Gasteiger partial charge is 0.550 e. The number of aliphatic carboxylic acids is 1. The third kappa shape index (κ3) is 3.61. The van der Waals surface area contributed by atoms with E-state index in [1.54, 1.807) is 13.0 Å². The Morgan fingerprint density at radius 3 is 2.62 bits per heavy atom. The van der Waals surface area contributed by atoms with Gasteiger partial charge in [-0.3, -0.25) is 4.79 Å². The number of aromatic hydroxyl groups is 1. The highest BCUT2D eigenvalue weighted by Gasteiger charge is 2.05. The van der Waals surface area contributed by atoms with Crippen LogP contribution in [-0.4, -0.2) is 17.0 Å². The zero-order valence-corrected chi connectivity index (χ0v) is 8.82. The lowest BCUT2D eigenvalue weighted by Crippen LogP contribution is -2.24. The Labute approximate surface area is 92.7 Å². The molecule has 0 bridgehead atoms. The van der Waals surface area contributed by atoms with Crippen molar-refractivity contribution in [2.24, 2.45) is 0 Å². The Morgan fingerprint density at radius 2 is 2.06 bits per heavy atom. The molecule has 0 aliphatic heterocycles.